The highest BCUT2D eigenvalue weighted by Gasteiger charge is 2.25. The molecule has 2 heterocycles. The molecular weight excluding hydrogens is 344 g/mol. The van der Waals surface area contributed by atoms with Crippen LogP contribution in [-0.4, -0.2) is 17.6 Å². The number of primary amides is 1. The van der Waals surface area contributed by atoms with Gasteiger partial charge in [0.25, 0.3) is 5.91 Å². The molecule has 0 atom stereocenters. The Bertz CT molecular complexity index is 910. The number of amides is 1. The summed E-state index contributed by atoms with van der Waals surface area (Å²) >= 11 is 1.76. The number of aryl methyl sites for hydroxylation is 1. The van der Waals surface area contributed by atoms with Crippen LogP contribution in [0.4, 0.5) is 0 Å². The largest absolute Gasteiger partial charge is 0.496 e. The van der Waals surface area contributed by atoms with Crippen LogP contribution < -0.4 is 10.5 Å². The molecule has 0 saturated carbocycles. The molecule has 3 aromatic rings. The van der Waals surface area contributed by atoms with Gasteiger partial charge in [0.05, 0.1) is 12.7 Å². The molecule has 1 amide bonds. The summed E-state index contributed by atoms with van der Waals surface area (Å²) in [5, 5.41) is 2.09. The molecular formula is C21H24N2O2S. The second-order valence-electron chi connectivity index (χ2n) is 6.18. The molecule has 0 aliphatic heterocycles. The fourth-order valence-electron chi connectivity index (χ4n) is 3.59. The molecule has 0 aliphatic rings. The average Bonchev–Trinajstić information content (AvgIpc) is 3.25. The number of carbonyl (C=O) groups is 1. The van der Waals surface area contributed by atoms with Crippen molar-refractivity contribution in [2.24, 2.45) is 5.73 Å². The molecule has 5 heteroatoms. The number of methoxy groups -OCH3 is 1. The van der Waals surface area contributed by atoms with Gasteiger partial charge in [0.2, 0.25) is 0 Å². The van der Waals surface area contributed by atoms with Gasteiger partial charge in [0, 0.05) is 33.9 Å². The first kappa shape index (κ1) is 18.3. The first-order valence-corrected chi connectivity index (χ1v) is 9.63. The molecule has 0 fully saturated rings. The van der Waals surface area contributed by atoms with Gasteiger partial charge in [-0.3, -0.25) is 4.79 Å². The van der Waals surface area contributed by atoms with E-state index >= 15 is 0 Å². The summed E-state index contributed by atoms with van der Waals surface area (Å²) in [6.45, 7) is 4.91. The third kappa shape index (κ3) is 3.27. The molecule has 2 N–H and O–H groups in total. The van der Waals surface area contributed by atoms with E-state index in [1.54, 1.807) is 18.4 Å². The highest BCUT2D eigenvalue weighted by atomic mass is 32.1. The minimum Gasteiger partial charge on any atom is -0.496 e. The van der Waals surface area contributed by atoms with E-state index < -0.39 is 5.91 Å². The van der Waals surface area contributed by atoms with Crippen molar-refractivity contribution >= 4 is 17.2 Å². The van der Waals surface area contributed by atoms with Crippen molar-refractivity contribution in [2.45, 2.75) is 33.2 Å². The van der Waals surface area contributed by atoms with E-state index in [9.17, 15) is 4.79 Å². The van der Waals surface area contributed by atoms with Gasteiger partial charge in [-0.05, 0) is 37.3 Å². The minimum absolute atomic E-state index is 0.395. The molecule has 136 valence electrons. The van der Waals surface area contributed by atoms with Gasteiger partial charge in [0.15, 0.2) is 0 Å². The van der Waals surface area contributed by atoms with Crippen molar-refractivity contribution in [3.8, 4) is 16.9 Å². The van der Waals surface area contributed by atoms with Gasteiger partial charge in [-0.25, -0.2) is 0 Å². The standard InChI is InChI=1S/C21H24N2O2S/c1-4-17-20(16-9-5-6-10-18(16)25-3)19(21(22)24)14(2)23(17)12-11-15-8-7-13-26-15/h5-10,13H,4,11-12H2,1-3H3,(H2,22,24). The third-order valence-corrected chi connectivity index (χ3v) is 5.69. The van der Waals surface area contributed by atoms with Crippen LogP contribution in [0.3, 0.4) is 0 Å². The molecule has 2 aromatic heterocycles. The molecule has 0 bridgehead atoms. The Labute approximate surface area is 158 Å². The lowest BCUT2D eigenvalue weighted by molar-refractivity contribution is 0.1000. The van der Waals surface area contributed by atoms with Gasteiger partial charge in [0.1, 0.15) is 5.75 Å². The molecule has 26 heavy (non-hydrogen) atoms. The lowest BCUT2D eigenvalue weighted by Gasteiger charge is -2.13. The zero-order chi connectivity index (χ0) is 18.7. The number of nitrogens with two attached hydrogens (primary N) is 1. The van der Waals surface area contributed by atoms with Crippen LogP contribution >= 0.6 is 11.3 Å². The molecule has 1 aromatic carbocycles. The van der Waals surface area contributed by atoms with Crippen molar-refractivity contribution in [1.29, 1.82) is 0 Å². The summed E-state index contributed by atoms with van der Waals surface area (Å²) in [4.78, 5) is 13.6. The minimum atomic E-state index is -0.395. The molecule has 3 rings (SSSR count). The molecule has 0 aliphatic carbocycles. The zero-order valence-corrected chi connectivity index (χ0v) is 16.2. The number of nitrogens with zero attached hydrogens (tertiary/aromatic N) is 1. The average molecular weight is 369 g/mol. The summed E-state index contributed by atoms with van der Waals surface area (Å²) in [5.41, 5.74) is 10.2. The molecule has 0 radical (unpaired) electrons. The maximum absolute atomic E-state index is 12.3. The van der Waals surface area contributed by atoms with Gasteiger partial charge in [-0.2, -0.15) is 0 Å². The number of aromatic nitrogens is 1. The second kappa shape index (κ2) is 7.79. The maximum atomic E-state index is 12.3. The Hall–Kier alpha value is -2.53. The van der Waals surface area contributed by atoms with E-state index in [2.05, 4.69) is 29.0 Å². The van der Waals surface area contributed by atoms with E-state index in [0.29, 0.717) is 5.56 Å². The number of hydrogen-bond acceptors (Lipinski definition) is 3. The molecule has 0 unspecified atom stereocenters. The van der Waals surface area contributed by atoms with Crippen LogP contribution in [-0.2, 0) is 19.4 Å². The van der Waals surface area contributed by atoms with E-state index in [1.165, 1.54) is 4.88 Å². The van der Waals surface area contributed by atoms with E-state index in [0.717, 1.165) is 47.7 Å². The van der Waals surface area contributed by atoms with Crippen LogP contribution in [0.1, 0.15) is 33.5 Å². The van der Waals surface area contributed by atoms with Crippen LogP contribution in [0.25, 0.3) is 11.1 Å². The highest BCUT2D eigenvalue weighted by Crippen LogP contribution is 2.38. The Morgan fingerprint density at radius 2 is 2.00 bits per heavy atom. The number of thiophene rings is 1. The van der Waals surface area contributed by atoms with Gasteiger partial charge in [-0.1, -0.05) is 31.2 Å². The van der Waals surface area contributed by atoms with E-state index in [-0.39, 0.29) is 0 Å². The van der Waals surface area contributed by atoms with E-state index in [4.69, 9.17) is 10.5 Å². The van der Waals surface area contributed by atoms with Crippen LogP contribution in [0.5, 0.6) is 5.75 Å². The molecule has 4 nitrogen and oxygen atoms in total. The van der Waals surface area contributed by atoms with Crippen molar-refractivity contribution in [3.05, 3.63) is 63.6 Å². The summed E-state index contributed by atoms with van der Waals surface area (Å²) in [6.07, 6.45) is 1.75. The highest BCUT2D eigenvalue weighted by molar-refractivity contribution is 7.09. The number of hydrogen-bond donors (Lipinski definition) is 1. The van der Waals surface area contributed by atoms with Gasteiger partial charge >= 0.3 is 0 Å². The smallest absolute Gasteiger partial charge is 0.251 e. The Balaban J connectivity index is 2.16. The first-order valence-electron chi connectivity index (χ1n) is 8.76. The zero-order valence-electron chi connectivity index (χ0n) is 15.4. The van der Waals surface area contributed by atoms with Crippen LogP contribution in [0, 0.1) is 6.92 Å². The fraction of sp³-hybridized carbons (Fsp3) is 0.286. The number of benzene rings is 1. The SMILES string of the molecule is CCc1c(-c2ccccc2OC)c(C(N)=O)c(C)n1CCc1cccs1. The summed E-state index contributed by atoms with van der Waals surface area (Å²) in [6, 6.07) is 12.0. The predicted octanol–water partition coefficient (Wildman–Crippen LogP) is 4.44. The Kier molecular flexibility index (Phi) is 5.47. The van der Waals surface area contributed by atoms with Crippen molar-refractivity contribution in [3.63, 3.8) is 0 Å². The monoisotopic (exact) mass is 368 g/mol. The fourth-order valence-corrected chi connectivity index (χ4v) is 4.29. The van der Waals surface area contributed by atoms with Crippen LogP contribution in [0.2, 0.25) is 0 Å². The number of carbonyl (C=O) groups excluding carboxylic acids is 1. The summed E-state index contributed by atoms with van der Waals surface area (Å²) in [5.74, 6) is 0.355. The topological polar surface area (TPSA) is 57.2 Å². The number of rotatable bonds is 7. The summed E-state index contributed by atoms with van der Waals surface area (Å²) in [7, 11) is 1.65. The third-order valence-electron chi connectivity index (χ3n) is 4.75. The van der Waals surface area contributed by atoms with E-state index in [1.807, 2.05) is 31.2 Å². The normalized spacial score (nSPS) is 10.9. The lowest BCUT2D eigenvalue weighted by atomic mass is 9.98. The quantitative estimate of drug-likeness (QED) is 0.670. The summed E-state index contributed by atoms with van der Waals surface area (Å²) < 4.78 is 7.78. The Morgan fingerprint density at radius 1 is 1.23 bits per heavy atom. The van der Waals surface area contributed by atoms with Crippen molar-refractivity contribution in [1.82, 2.24) is 4.57 Å². The van der Waals surface area contributed by atoms with Crippen LogP contribution in [0.15, 0.2) is 41.8 Å². The predicted molar refractivity (Wildman–Crippen MR) is 107 cm³/mol. The number of para-hydroxylation sites is 1. The van der Waals surface area contributed by atoms with Gasteiger partial charge in [-0.15, -0.1) is 11.3 Å². The Morgan fingerprint density at radius 3 is 2.62 bits per heavy atom. The lowest BCUT2D eigenvalue weighted by Crippen LogP contribution is -2.14. The maximum Gasteiger partial charge on any atom is 0.251 e. The number of ether oxygens (including phenoxy) is 1. The molecule has 0 spiro atoms. The van der Waals surface area contributed by atoms with Crippen molar-refractivity contribution in [2.75, 3.05) is 7.11 Å². The molecule has 0 saturated heterocycles. The van der Waals surface area contributed by atoms with Gasteiger partial charge < -0.3 is 15.0 Å². The first-order chi connectivity index (χ1) is 12.6. The van der Waals surface area contributed by atoms with Crippen molar-refractivity contribution < 1.29 is 9.53 Å². The second-order valence-corrected chi connectivity index (χ2v) is 7.21.